The average molecular weight is 433 g/mol. The van der Waals surface area contributed by atoms with Crippen LogP contribution in [0.15, 0.2) is 96.4 Å². The Morgan fingerprint density at radius 2 is 1.74 bits per heavy atom. The fourth-order valence-electron chi connectivity index (χ4n) is 3.18. The van der Waals surface area contributed by atoms with Crippen LogP contribution in [0, 0.1) is 0 Å². The fraction of sp³-hybridized carbons (Fsp3) is 0.0435. The van der Waals surface area contributed by atoms with Crippen molar-refractivity contribution in [3.05, 3.63) is 97.1 Å². The van der Waals surface area contributed by atoms with E-state index in [1.807, 2.05) is 59.2 Å². The predicted molar refractivity (Wildman–Crippen MR) is 121 cm³/mol. The summed E-state index contributed by atoms with van der Waals surface area (Å²) in [6, 6.07) is 23.0. The van der Waals surface area contributed by atoms with E-state index in [2.05, 4.69) is 21.6 Å². The lowest BCUT2D eigenvalue weighted by atomic mass is 10.2. The van der Waals surface area contributed by atoms with Crippen molar-refractivity contribution in [2.75, 3.05) is 11.9 Å². The first kappa shape index (κ1) is 20.5. The van der Waals surface area contributed by atoms with Crippen molar-refractivity contribution in [3.8, 4) is 5.69 Å². The van der Waals surface area contributed by atoms with Gasteiger partial charge in [0.15, 0.2) is 0 Å². The summed E-state index contributed by atoms with van der Waals surface area (Å²) in [5.41, 5.74) is 2.62. The van der Waals surface area contributed by atoms with Crippen LogP contribution in [0.2, 0.25) is 0 Å². The van der Waals surface area contributed by atoms with E-state index in [1.54, 1.807) is 6.07 Å². The van der Waals surface area contributed by atoms with Crippen molar-refractivity contribution in [3.63, 3.8) is 0 Å². The van der Waals surface area contributed by atoms with Gasteiger partial charge in [-0.15, -0.1) is 6.58 Å². The molecule has 0 aliphatic heterocycles. The molecule has 4 rings (SSSR count). The molecule has 0 saturated heterocycles. The van der Waals surface area contributed by atoms with E-state index in [9.17, 15) is 13.2 Å². The zero-order chi connectivity index (χ0) is 21.8. The van der Waals surface area contributed by atoms with E-state index < -0.39 is 15.9 Å². The lowest BCUT2D eigenvalue weighted by Crippen LogP contribution is -2.24. The van der Waals surface area contributed by atoms with Crippen molar-refractivity contribution in [1.29, 1.82) is 0 Å². The third-order valence-corrected chi connectivity index (χ3v) is 6.05. The first-order valence-electron chi connectivity index (χ1n) is 9.54. The van der Waals surface area contributed by atoms with Crippen LogP contribution in [-0.4, -0.2) is 30.4 Å². The van der Waals surface area contributed by atoms with E-state index in [0.717, 1.165) is 16.7 Å². The number of imidazole rings is 1. The molecule has 0 aliphatic rings. The van der Waals surface area contributed by atoms with Crippen LogP contribution in [0.5, 0.6) is 0 Å². The monoisotopic (exact) mass is 432 g/mol. The molecule has 0 aliphatic carbocycles. The van der Waals surface area contributed by atoms with E-state index in [4.69, 9.17) is 0 Å². The van der Waals surface area contributed by atoms with Gasteiger partial charge in [-0.05, 0) is 42.5 Å². The smallest absolute Gasteiger partial charge is 0.258 e. The summed E-state index contributed by atoms with van der Waals surface area (Å²) in [7, 11) is -3.75. The molecule has 1 aromatic heterocycles. The highest BCUT2D eigenvalue weighted by Gasteiger charge is 2.18. The van der Waals surface area contributed by atoms with Gasteiger partial charge in [0.2, 0.25) is 16.0 Å². The average Bonchev–Trinajstić information content (AvgIpc) is 3.16. The molecule has 156 valence electrons. The van der Waals surface area contributed by atoms with Crippen molar-refractivity contribution < 1.29 is 13.2 Å². The second-order valence-corrected chi connectivity index (χ2v) is 8.48. The molecule has 2 N–H and O–H groups in total. The molecule has 7 nitrogen and oxygen atoms in total. The molecule has 8 heteroatoms. The Morgan fingerprint density at radius 1 is 1.00 bits per heavy atom. The first-order valence-corrected chi connectivity index (χ1v) is 11.0. The highest BCUT2D eigenvalue weighted by molar-refractivity contribution is 7.89. The normalized spacial score (nSPS) is 11.4. The fourth-order valence-corrected chi connectivity index (χ4v) is 4.22. The van der Waals surface area contributed by atoms with Crippen LogP contribution in [0.1, 0.15) is 10.4 Å². The highest BCUT2D eigenvalue weighted by Crippen LogP contribution is 2.25. The summed E-state index contributed by atoms with van der Waals surface area (Å²) in [5.74, 6) is -0.122. The van der Waals surface area contributed by atoms with Gasteiger partial charge in [0, 0.05) is 17.8 Å². The number of nitrogens with zero attached hydrogens (tertiary/aromatic N) is 2. The molecular weight excluding hydrogens is 412 g/mol. The minimum Gasteiger partial charge on any atom is -0.292 e. The minimum absolute atomic E-state index is 0.00133. The van der Waals surface area contributed by atoms with Crippen LogP contribution in [-0.2, 0) is 10.0 Å². The molecule has 0 saturated carbocycles. The van der Waals surface area contributed by atoms with Gasteiger partial charge >= 0.3 is 0 Å². The SMILES string of the molecule is C=CCNS(=O)(=O)c1cccc(C(=O)Nc2nc3ccccc3n2-c2ccccc2)c1. The Hall–Kier alpha value is -3.75. The number of amides is 1. The van der Waals surface area contributed by atoms with E-state index in [0.29, 0.717) is 5.95 Å². The molecule has 3 aromatic carbocycles. The number of anilines is 1. The molecule has 0 fully saturated rings. The third-order valence-electron chi connectivity index (χ3n) is 4.62. The standard InChI is InChI=1S/C23H20N4O3S/c1-2-15-24-31(29,30)19-12-8-9-17(16-19)22(28)26-23-25-20-13-6-7-14-21(20)27(23)18-10-4-3-5-11-18/h2-14,16,24H,1,15H2,(H,25,26,28). The molecule has 0 spiro atoms. The Kier molecular flexibility index (Phi) is 5.66. The number of carbonyl (C=O) groups excluding carboxylic acids is 1. The maximum absolute atomic E-state index is 13.0. The minimum atomic E-state index is -3.75. The second-order valence-electron chi connectivity index (χ2n) is 6.72. The van der Waals surface area contributed by atoms with E-state index in [1.165, 1.54) is 24.3 Å². The summed E-state index contributed by atoms with van der Waals surface area (Å²) in [6.45, 7) is 3.60. The summed E-state index contributed by atoms with van der Waals surface area (Å²) in [5, 5.41) is 2.82. The number of aromatic nitrogens is 2. The van der Waals surface area contributed by atoms with Gasteiger partial charge in [-0.3, -0.25) is 14.7 Å². The van der Waals surface area contributed by atoms with Gasteiger partial charge < -0.3 is 0 Å². The summed E-state index contributed by atoms with van der Waals surface area (Å²) in [6.07, 6.45) is 1.45. The Labute approximate surface area is 180 Å². The zero-order valence-corrected chi connectivity index (χ0v) is 17.3. The Morgan fingerprint density at radius 3 is 2.52 bits per heavy atom. The molecule has 0 atom stereocenters. The molecule has 0 radical (unpaired) electrons. The number of rotatable bonds is 7. The number of sulfonamides is 1. The van der Waals surface area contributed by atoms with Gasteiger partial charge in [-0.1, -0.05) is 42.5 Å². The van der Waals surface area contributed by atoms with Crippen molar-refractivity contribution in [2.24, 2.45) is 0 Å². The number of hydrogen-bond donors (Lipinski definition) is 2. The number of hydrogen-bond acceptors (Lipinski definition) is 4. The maximum Gasteiger partial charge on any atom is 0.258 e. The van der Waals surface area contributed by atoms with Crippen molar-refractivity contribution >= 4 is 32.9 Å². The molecule has 1 heterocycles. The number of nitrogens with one attached hydrogen (secondary N) is 2. The van der Waals surface area contributed by atoms with Crippen LogP contribution >= 0.6 is 0 Å². The number of carbonyl (C=O) groups is 1. The molecule has 0 unspecified atom stereocenters. The molecule has 1 amide bonds. The summed E-state index contributed by atoms with van der Waals surface area (Å²) < 4.78 is 29.0. The van der Waals surface area contributed by atoms with Gasteiger partial charge in [0.1, 0.15) is 0 Å². The van der Waals surface area contributed by atoms with Crippen LogP contribution in [0.25, 0.3) is 16.7 Å². The maximum atomic E-state index is 13.0. The van der Waals surface area contributed by atoms with Gasteiger partial charge in [0.25, 0.3) is 5.91 Å². The molecule has 4 aromatic rings. The van der Waals surface area contributed by atoms with Gasteiger partial charge in [-0.2, -0.15) is 0 Å². The molecular formula is C23H20N4O3S. The third kappa shape index (κ3) is 4.25. The van der Waals surface area contributed by atoms with Crippen LogP contribution in [0.4, 0.5) is 5.95 Å². The Balaban J connectivity index is 1.70. The largest absolute Gasteiger partial charge is 0.292 e. The van der Waals surface area contributed by atoms with Gasteiger partial charge in [-0.25, -0.2) is 18.1 Å². The van der Waals surface area contributed by atoms with Crippen LogP contribution in [0.3, 0.4) is 0 Å². The molecule has 31 heavy (non-hydrogen) atoms. The Bertz CT molecular complexity index is 1360. The second kappa shape index (κ2) is 8.55. The number of para-hydroxylation sites is 3. The van der Waals surface area contributed by atoms with Crippen molar-refractivity contribution in [2.45, 2.75) is 4.90 Å². The summed E-state index contributed by atoms with van der Waals surface area (Å²) in [4.78, 5) is 17.5. The number of fused-ring (bicyclic) bond motifs is 1. The lowest BCUT2D eigenvalue weighted by molar-refractivity contribution is 0.102. The van der Waals surface area contributed by atoms with Crippen LogP contribution < -0.4 is 10.0 Å². The topological polar surface area (TPSA) is 93.1 Å². The van der Waals surface area contributed by atoms with E-state index in [-0.39, 0.29) is 17.0 Å². The van der Waals surface area contributed by atoms with Crippen molar-refractivity contribution in [1.82, 2.24) is 14.3 Å². The highest BCUT2D eigenvalue weighted by atomic mass is 32.2. The summed E-state index contributed by atoms with van der Waals surface area (Å²) >= 11 is 0. The quantitative estimate of drug-likeness (QED) is 0.435. The van der Waals surface area contributed by atoms with E-state index >= 15 is 0 Å². The lowest BCUT2D eigenvalue weighted by Gasteiger charge is -2.11. The molecule has 0 bridgehead atoms. The predicted octanol–water partition coefficient (Wildman–Crippen LogP) is 3.74. The van der Waals surface area contributed by atoms with Gasteiger partial charge in [0.05, 0.1) is 15.9 Å². The zero-order valence-electron chi connectivity index (χ0n) is 16.5. The first-order chi connectivity index (χ1) is 15.0. The number of benzene rings is 3.